The van der Waals surface area contributed by atoms with Crippen LogP contribution in [0.25, 0.3) is 0 Å². The van der Waals surface area contributed by atoms with Crippen molar-refractivity contribution in [2.75, 3.05) is 13.6 Å². The molecule has 0 unspecified atom stereocenters. The SMILES string of the molecule is CN1CC[C@H](N)[C@H]1c1ccc(Cl)cc1. The van der Waals surface area contributed by atoms with Gasteiger partial charge >= 0.3 is 0 Å². The van der Waals surface area contributed by atoms with Crippen LogP contribution < -0.4 is 5.73 Å². The Morgan fingerprint density at radius 2 is 2.00 bits per heavy atom. The van der Waals surface area contributed by atoms with Crippen molar-refractivity contribution in [2.24, 2.45) is 5.73 Å². The second-order valence-corrected chi connectivity index (χ2v) is 4.37. The topological polar surface area (TPSA) is 29.3 Å². The summed E-state index contributed by atoms with van der Waals surface area (Å²) in [5.74, 6) is 0. The van der Waals surface area contributed by atoms with Crippen molar-refractivity contribution in [1.29, 1.82) is 0 Å². The lowest BCUT2D eigenvalue weighted by atomic mass is 10.0. The molecule has 14 heavy (non-hydrogen) atoms. The second-order valence-electron chi connectivity index (χ2n) is 3.93. The van der Waals surface area contributed by atoms with Gasteiger partial charge in [-0.2, -0.15) is 0 Å². The molecule has 2 atom stereocenters. The summed E-state index contributed by atoms with van der Waals surface area (Å²) in [6, 6.07) is 8.59. The molecule has 0 bridgehead atoms. The standard InChI is InChI=1S/C11H15ClN2/c1-14-7-6-10(13)11(14)8-2-4-9(12)5-3-8/h2-5,10-11H,6-7,13H2,1H3/t10-,11+/m0/s1. The molecule has 1 saturated heterocycles. The van der Waals surface area contributed by atoms with Crippen molar-refractivity contribution in [1.82, 2.24) is 4.90 Å². The predicted molar refractivity (Wildman–Crippen MR) is 59.4 cm³/mol. The molecule has 0 saturated carbocycles. The van der Waals surface area contributed by atoms with E-state index in [0.29, 0.717) is 6.04 Å². The summed E-state index contributed by atoms with van der Waals surface area (Å²) < 4.78 is 0. The Labute approximate surface area is 89.7 Å². The molecule has 3 heteroatoms. The van der Waals surface area contributed by atoms with Gasteiger partial charge in [0.15, 0.2) is 0 Å². The van der Waals surface area contributed by atoms with E-state index in [1.54, 1.807) is 0 Å². The molecule has 1 aromatic rings. The molecule has 2 N–H and O–H groups in total. The molecule has 2 nitrogen and oxygen atoms in total. The van der Waals surface area contributed by atoms with Gasteiger partial charge in [-0.3, -0.25) is 4.90 Å². The number of rotatable bonds is 1. The number of halogens is 1. The van der Waals surface area contributed by atoms with Crippen molar-refractivity contribution >= 4 is 11.6 Å². The quantitative estimate of drug-likeness (QED) is 0.769. The number of likely N-dealkylation sites (N-methyl/N-ethyl adjacent to an activating group) is 1. The van der Waals surface area contributed by atoms with Gasteiger partial charge in [-0.05, 0) is 31.2 Å². The summed E-state index contributed by atoms with van der Waals surface area (Å²) in [5.41, 5.74) is 7.33. The largest absolute Gasteiger partial charge is 0.326 e. The Kier molecular flexibility index (Phi) is 2.77. The van der Waals surface area contributed by atoms with Gasteiger partial charge in [-0.1, -0.05) is 23.7 Å². The summed E-state index contributed by atoms with van der Waals surface area (Å²) in [5, 5.41) is 0.781. The molecule has 1 heterocycles. The van der Waals surface area contributed by atoms with Crippen LogP contribution in [-0.2, 0) is 0 Å². The fraction of sp³-hybridized carbons (Fsp3) is 0.455. The van der Waals surface area contributed by atoms with E-state index in [0.717, 1.165) is 18.0 Å². The van der Waals surface area contributed by atoms with Crippen LogP contribution in [0.5, 0.6) is 0 Å². The Hall–Kier alpha value is -0.570. The van der Waals surface area contributed by atoms with Gasteiger partial charge in [0.05, 0.1) is 0 Å². The highest BCUT2D eigenvalue weighted by atomic mass is 35.5. The maximum absolute atomic E-state index is 6.06. The zero-order valence-electron chi connectivity index (χ0n) is 8.28. The zero-order chi connectivity index (χ0) is 10.1. The Morgan fingerprint density at radius 3 is 2.50 bits per heavy atom. The van der Waals surface area contributed by atoms with Crippen LogP contribution in [-0.4, -0.2) is 24.5 Å². The molecule has 0 spiro atoms. The Balaban J connectivity index is 2.25. The molecule has 0 aromatic heterocycles. The van der Waals surface area contributed by atoms with Crippen molar-refractivity contribution in [2.45, 2.75) is 18.5 Å². The van der Waals surface area contributed by atoms with Crippen molar-refractivity contribution in [3.05, 3.63) is 34.9 Å². The van der Waals surface area contributed by atoms with Crippen LogP contribution in [0.4, 0.5) is 0 Å². The van der Waals surface area contributed by atoms with Crippen LogP contribution in [0, 0.1) is 0 Å². The van der Waals surface area contributed by atoms with Crippen molar-refractivity contribution in [3.63, 3.8) is 0 Å². The molecule has 1 aliphatic rings. The maximum Gasteiger partial charge on any atom is 0.0496 e. The number of hydrogen-bond donors (Lipinski definition) is 1. The minimum atomic E-state index is 0.251. The molecule has 0 amide bonds. The van der Waals surface area contributed by atoms with Gasteiger partial charge in [-0.15, -0.1) is 0 Å². The third-order valence-corrected chi connectivity index (χ3v) is 3.16. The molecule has 76 valence electrons. The highest BCUT2D eigenvalue weighted by Crippen LogP contribution is 2.29. The molecule has 2 rings (SSSR count). The van der Waals surface area contributed by atoms with Crippen molar-refractivity contribution in [3.8, 4) is 0 Å². The number of likely N-dealkylation sites (tertiary alicyclic amines) is 1. The predicted octanol–water partition coefficient (Wildman–Crippen LogP) is 2.04. The lowest BCUT2D eigenvalue weighted by Crippen LogP contribution is -2.29. The first-order chi connectivity index (χ1) is 6.68. The van der Waals surface area contributed by atoms with Gasteiger partial charge < -0.3 is 5.73 Å². The molecule has 0 aliphatic carbocycles. The maximum atomic E-state index is 6.06. The minimum absolute atomic E-state index is 0.251. The molecular formula is C11H15ClN2. The smallest absolute Gasteiger partial charge is 0.0496 e. The van der Waals surface area contributed by atoms with Gasteiger partial charge in [0.1, 0.15) is 0 Å². The first-order valence-corrected chi connectivity index (χ1v) is 5.27. The van der Waals surface area contributed by atoms with Gasteiger partial charge in [-0.25, -0.2) is 0 Å². The highest BCUT2D eigenvalue weighted by Gasteiger charge is 2.29. The first-order valence-electron chi connectivity index (χ1n) is 4.90. The third kappa shape index (κ3) is 1.78. The molecule has 1 aliphatic heterocycles. The molecule has 1 aromatic carbocycles. The summed E-state index contributed by atoms with van der Waals surface area (Å²) in [7, 11) is 2.12. The molecular weight excluding hydrogens is 196 g/mol. The van der Waals surface area contributed by atoms with Crippen LogP contribution in [0.1, 0.15) is 18.0 Å². The number of hydrogen-bond acceptors (Lipinski definition) is 2. The summed E-state index contributed by atoms with van der Waals surface area (Å²) in [4.78, 5) is 2.30. The fourth-order valence-corrected chi connectivity index (χ4v) is 2.26. The van der Waals surface area contributed by atoms with Gasteiger partial charge in [0.2, 0.25) is 0 Å². The van der Waals surface area contributed by atoms with E-state index in [9.17, 15) is 0 Å². The summed E-state index contributed by atoms with van der Waals surface area (Å²) in [6.07, 6.45) is 1.07. The second kappa shape index (κ2) is 3.89. The number of nitrogens with two attached hydrogens (primary N) is 1. The van der Waals surface area contributed by atoms with E-state index in [-0.39, 0.29) is 6.04 Å². The number of nitrogens with zero attached hydrogens (tertiary/aromatic N) is 1. The Bertz CT molecular complexity index is 300. The van der Waals surface area contributed by atoms with E-state index in [1.165, 1.54) is 5.56 Å². The van der Waals surface area contributed by atoms with E-state index in [1.807, 2.05) is 12.1 Å². The van der Waals surface area contributed by atoms with Gasteiger partial charge in [0.25, 0.3) is 0 Å². The van der Waals surface area contributed by atoms with E-state index in [2.05, 4.69) is 24.1 Å². The van der Waals surface area contributed by atoms with Gasteiger partial charge in [0, 0.05) is 23.7 Å². The molecule has 1 fully saturated rings. The van der Waals surface area contributed by atoms with E-state index in [4.69, 9.17) is 17.3 Å². The monoisotopic (exact) mass is 210 g/mol. The van der Waals surface area contributed by atoms with Crippen LogP contribution in [0.3, 0.4) is 0 Å². The average Bonchev–Trinajstić information content (AvgIpc) is 2.49. The van der Waals surface area contributed by atoms with E-state index >= 15 is 0 Å². The third-order valence-electron chi connectivity index (χ3n) is 2.91. The minimum Gasteiger partial charge on any atom is -0.326 e. The van der Waals surface area contributed by atoms with E-state index < -0.39 is 0 Å². The average molecular weight is 211 g/mol. The zero-order valence-corrected chi connectivity index (χ0v) is 9.04. The van der Waals surface area contributed by atoms with Crippen molar-refractivity contribution < 1.29 is 0 Å². The lowest BCUT2D eigenvalue weighted by molar-refractivity contribution is 0.304. The van der Waals surface area contributed by atoms with Crippen LogP contribution >= 0.6 is 11.6 Å². The summed E-state index contributed by atoms with van der Waals surface area (Å²) in [6.45, 7) is 1.08. The summed E-state index contributed by atoms with van der Waals surface area (Å²) >= 11 is 5.85. The highest BCUT2D eigenvalue weighted by molar-refractivity contribution is 6.30. The fourth-order valence-electron chi connectivity index (χ4n) is 2.14. The Morgan fingerprint density at radius 1 is 1.36 bits per heavy atom. The normalized spacial score (nSPS) is 28.2. The lowest BCUT2D eigenvalue weighted by Gasteiger charge is -2.23. The molecule has 0 radical (unpaired) electrons. The first kappa shape index (κ1) is 9.97. The van der Waals surface area contributed by atoms with Crippen LogP contribution in [0.15, 0.2) is 24.3 Å². The van der Waals surface area contributed by atoms with Crippen LogP contribution in [0.2, 0.25) is 5.02 Å². The number of benzene rings is 1.